The highest BCUT2D eigenvalue weighted by atomic mass is 32.1. The number of anilines is 2. The molecule has 0 unspecified atom stereocenters. The number of alkyl halides is 3. The number of benzene rings is 2. The summed E-state index contributed by atoms with van der Waals surface area (Å²) in [6.07, 6.45) is -0.748. The van der Waals surface area contributed by atoms with Crippen LogP contribution in [0, 0.1) is 23.1 Å². The Morgan fingerprint density at radius 2 is 1.67 bits per heavy atom. The first kappa shape index (κ1) is 40.0. The van der Waals surface area contributed by atoms with Crippen molar-refractivity contribution in [3.8, 4) is 6.07 Å². The Balaban J connectivity index is 0.930. The van der Waals surface area contributed by atoms with Gasteiger partial charge < -0.3 is 19.7 Å². The van der Waals surface area contributed by atoms with Crippen molar-refractivity contribution < 1.29 is 27.2 Å². The van der Waals surface area contributed by atoms with Crippen LogP contribution >= 0.6 is 12.2 Å². The van der Waals surface area contributed by atoms with Crippen LogP contribution in [0.2, 0.25) is 0 Å². The minimum Gasteiger partial charge on any atom is -0.339 e. The smallest absolute Gasteiger partial charge is 0.339 e. The second-order valence-corrected chi connectivity index (χ2v) is 15.8. The maximum atomic E-state index is 15.7. The summed E-state index contributed by atoms with van der Waals surface area (Å²) in [6, 6.07) is 12.2. The van der Waals surface area contributed by atoms with E-state index in [0.29, 0.717) is 31.5 Å². The molecule has 3 fully saturated rings. The Labute approximate surface area is 332 Å². The van der Waals surface area contributed by atoms with Gasteiger partial charge in [-0.3, -0.25) is 29.2 Å². The summed E-state index contributed by atoms with van der Waals surface area (Å²) in [5.41, 5.74) is -0.120. The number of likely N-dealkylation sites (tertiary alicyclic amines) is 1. The highest BCUT2D eigenvalue weighted by Crippen LogP contribution is 2.40. The number of nitriles is 1. The van der Waals surface area contributed by atoms with Gasteiger partial charge in [-0.05, 0) is 105 Å². The Morgan fingerprint density at radius 1 is 0.982 bits per heavy atom. The fraction of sp³-hybridized carbons (Fsp3) is 0.415. The molecular weight excluding hydrogens is 761 g/mol. The van der Waals surface area contributed by atoms with Crippen LogP contribution in [0.1, 0.15) is 66.2 Å². The van der Waals surface area contributed by atoms with E-state index in [4.69, 9.17) is 12.2 Å². The molecule has 298 valence electrons. The molecule has 16 heteroatoms. The number of thiocarbonyl (C=S) groups is 1. The number of aromatic nitrogens is 2. The summed E-state index contributed by atoms with van der Waals surface area (Å²) in [5.74, 6) is -1.50. The number of halogens is 4. The molecule has 4 aromatic rings. The number of aryl methyl sites for hydroxylation is 1. The lowest BCUT2D eigenvalue weighted by Gasteiger charge is -2.39. The largest absolute Gasteiger partial charge is 0.417 e. The molecule has 0 spiro atoms. The summed E-state index contributed by atoms with van der Waals surface area (Å²) >= 11 is 5.58. The molecule has 0 atom stereocenters. The van der Waals surface area contributed by atoms with E-state index < -0.39 is 40.5 Å². The Morgan fingerprint density at radius 3 is 2.32 bits per heavy atom. The average molecular weight is 803 g/mol. The number of fused-ring (bicyclic) bond motifs is 1. The van der Waals surface area contributed by atoms with Gasteiger partial charge >= 0.3 is 6.18 Å². The van der Waals surface area contributed by atoms with Gasteiger partial charge in [-0.1, -0.05) is 6.92 Å². The van der Waals surface area contributed by atoms with Crippen molar-refractivity contribution in [2.75, 3.05) is 55.6 Å². The monoisotopic (exact) mass is 802 g/mol. The van der Waals surface area contributed by atoms with Gasteiger partial charge in [0.05, 0.1) is 39.5 Å². The lowest BCUT2D eigenvalue weighted by molar-refractivity contribution is -0.137. The standard InChI is InChI=1S/C41H42F4N8O3S/c1-4-27-18-34-35(48-36(27)54)17-26(22-47-34)24-50-15-13-49(14-16-50)23-25-9-11-51(12-10-25)37(55)31-8-7-30(20-33(31)42)53-39(57)52(38(56)40(53,2)3)29-6-5-28(21-46)32(19-29)41(43,44)45/h5-8,17-20,22,25H,4,9-16,23-24H2,1-3H3,(H,48,54). The summed E-state index contributed by atoms with van der Waals surface area (Å²) in [7, 11) is 0. The van der Waals surface area contributed by atoms with E-state index in [0.717, 1.165) is 91.3 Å². The molecule has 5 heterocycles. The lowest BCUT2D eigenvalue weighted by Crippen LogP contribution is -2.48. The Hall–Kier alpha value is -5.24. The highest BCUT2D eigenvalue weighted by Gasteiger charge is 2.51. The predicted molar refractivity (Wildman–Crippen MR) is 211 cm³/mol. The number of hydrogen-bond donors (Lipinski definition) is 1. The molecule has 1 N–H and O–H groups in total. The predicted octanol–water partition coefficient (Wildman–Crippen LogP) is 6.10. The topological polar surface area (TPSA) is 120 Å². The SMILES string of the molecule is CCc1cc2ncc(CN3CCN(CC4CCN(C(=O)c5ccc(N6C(=S)N(c7ccc(C#N)c(C(F)(F)F)c7)C(=O)C6(C)C)cc5F)CC4)CC3)cc2[nH]c1=O. The van der Waals surface area contributed by atoms with Gasteiger partial charge in [0, 0.05) is 69.8 Å². The van der Waals surface area contributed by atoms with Crippen LogP contribution in [0.4, 0.5) is 28.9 Å². The van der Waals surface area contributed by atoms with E-state index >= 15 is 4.39 Å². The fourth-order valence-electron chi connectivity index (χ4n) is 8.03. The highest BCUT2D eigenvalue weighted by molar-refractivity contribution is 7.81. The van der Waals surface area contributed by atoms with E-state index in [1.807, 2.05) is 25.3 Å². The number of carbonyl (C=O) groups excluding carboxylic acids is 2. The molecule has 0 radical (unpaired) electrons. The molecule has 3 aliphatic rings. The van der Waals surface area contributed by atoms with Crippen LogP contribution in [0.15, 0.2) is 59.5 Å². The number of pyridine rings is 2. The van der Waals surface area contributed by atoms with Crippen LogP contribution in [0.3, 0.4) is 0 Å². The first-order valence-electron chi connectivity index (χ1n) is 18.9. The number of rotatable bonds is 8. The number of H-pyrrole nitrogens is 1. The van der Waals surface area contributed by atoms with Crippen LogP contribution in [0.5, 0.6) is 0 Å². The molecule has 0 aliphatic carbocycles. The zero-order chi connectivity index (χ0) is 40.8. The van der Waals surface area contributed by atoms with Gasteiger partial charge in [0.25, 0.3) is 17.4 Å². The van der Waals surface area contributed by atoms with E-state index in [2.05, 4.69) is 19.8 Å². The van der Waals surface area contributed by atoms with Crippen molar-refractivity contribution in [2.24, 2.45) is 5.92 Å². The zero-order valence-corrected chi connectivity index (χ0v) is 32.6. The van der Waals surface area contributed by atoms with Crippen molar-refractivity contribution in [1.82, 2.24) is 24.7 Å². The molecule has 0 bridgehead atoms. The van der Waals surface area contributed by atoms with Crippen molar-refractivity contribution in [2.45, 2.75) is 58.3 Å². The van der Waals surface area contributed by atoms with Crippen LogP contribution < -0.4 is 15.4 Å². The molecule has 3 saturated heterocycles. The third kappa shape index (κ3) is 7.88. The molecule has 57 heavy (non-hydrogen) atoms. The van der Waals surface area contributed by atoms with Crippen LogP contribution in [-0.2, 0) is 23.9 Å². The first-order valence-corrected chi connectivity index (χ1v) is 19.3. The second kappa shape index (κ2) is 15.6. The van der Waals surface area contributed by atoms with Gasteiger partial charge in [-0.2, -0.15) is 18.4 Å². The van der Waals surface area contributed by atoms with Crippen molar-refractivity contribution >= 4 is 51.6 Å². The number of piperazine rings is 1. The quantitative estimate of drug-likeness (QED) is 0.167. The van der Waals surface area contributed by atoms with Gasteiger partial charge in [0.1, 0.15) is 11.4 Å². The minimum atomic E-state index is -4.85. The fourth-order valence-corrected chi connectivity index (χ4v) is 8.56. The maximum Gasteiger partial charge on any atom is 0.417 e. The molecule has 0 saturated carbocycles. The number of aromatic amines is 1. The van der Waals surface area contributed by atoms with E-state index in [1.54, 1.807) is 4.90 Å². The number of nitrogens with zero attached hydrogens (tertiary/aromatic N) is 7. The molecule has 2 aromatic heterocycles. The Kier molecular flexibility index (Phi) is 10.9. The van der Waals surface area contributed by atoms with Crippen LogP contribution in [-0.4, -0.2) is 92.9 Å². The lowest BCUT2D eigenvalue weighted by atomic mass is 9.95. The van der Waals surface area contributed by atoms with Crippen molar-refractivity contribution in [1.29, 1.82) is 5.26 Å². The molecule has 3 aliphatic heterocycles. The van der Waals surface area contributed by atoms with Crippen molar-refractivity contribution in [3.63, 3.8) is 0 Å². The third-order valence-electron chi connectivity index (χ3n) is 11.3. The van der Waals surface area contributed by atoms with Crippen molar-refractivity contribution in [3.05, 3.63) is 98.7 Å². The third-order valence-corrected chi connectivity index (χ3v) is 11.7. The second-order valence-electron chi connectivity index (χ2n) is 15.4. The first-order chi connectivity index (χ1) is 27.1. The van der Waals surface area contributed by atoms with E-state index in [1.165, 1.54) is 43.0 Å². The Bertz CT molecular complexity index is 2340. The van der Waals surface area contributed by atoms with Gasteiger partial charge in [0.15, 0.2) is 5.11 Å². The summed E-state index contributed by atoms with van der Waals surface area (Å²) in [6.45, 7) is 11.2. The zero-order valence-electron chi connectivity index (χ0n) is 31.8. The summed E-state index contributed by atoms with van der Waals surface area (Å²) in [5, 5.41) is 9.03. The summed E-state index contributed by atoms with van der Waals surface area (Å²) < 4.78 is 56.9. The molecular formula is C41H42F4N8O3S. The summed E-state index contributed by atoms with van der Waals surface area (Å²) in [4.78, 5) is 55.7. The minimum absolute atomic E-state index is 0.0732. The molecule has 2 aromatic carbocycles. The molecule has 11 nitrogen and oxygen atoms in total. The van der Waals surface area contributed by atoms with E-state index in [9.17, 15) is 32.8 Å². The number of nitrogens with one attached hydrogen (secondary N) is 1. The van der Waals surface area contributed by atoms with E-state index in [-0.39, 0.29) is 27.6 Å². The number of hydrogen-bond acceptors (Lipinski definition) is 8. The maximum absolute atomic E-state index is 15.7. The van der Waals surface area contributed by atoms with Gasteiger partial charge in [0.2, 0.25) is 0 Å². The average Bonchev–Trinajstić information content (AvgIpc) is 3.36. The number of piperidine rings is 1. The molecule has 7 rings (SSSR count). The van der Waals surface area contributed by atoms with Crippen LogP contribution in [0.25, 0.3) is 11.0 Å². The molecule has 2 amide bonds. The number of carbonyl (C=O) groups is 2. The normalized spacial score (nSPS) is 18.5. The van der Waals surface area contributed by atoms with Gasteiger partial charge in [-0.25, -0.2) is 4.39 Å². The number of amides is 2. The van der Waals surface area contributed by atoms with Gasteiger partial charge in [-0.15, -0.1) is 0 Å².